The highest BCUT2D eigenvalue weighted by atomic mass is 16.2. The predicted molar refractivity (Wildman–Crippen MR) is 78.5 cm³/mol. The van der Waals surface area contributed by atoms with Crippen molar-refractivity contribution in [2.24, 2.45) is 0 Å². The molecular formula is C14H18N4O2. The van der Waals surface area contributed by atoms with Gasteiger partial charge in [0, 0.05) is 23.6 Å². The summed E-state index contributed by atoms with van der Waals surface area (Å²) in [6.45, 7) is 1.27. The van der Waals surface area contributed by atoms with Crippen LogP contribution in [0.25, 0.3) is 10.9 Å². The van der Waals surface area contributed by atoms with E-state index in [2.05, 4.69) is 20.9 Å². The van der Waals surface area contributed by atoms with Crippen molar-refractivity contribution in [3.05, 3.63) is 30.5 Å². The monoisotopic (exact) mass is 274 g/mol. The van der Waals surface area contributed by atoms with Crippen molar-refractivity contribution in [2.75, 3.05) is 25.5 Å². The van der Waals surface area contributed by atoms with Gasteiger partial charge in [0.2, 0.25) is 0 Å². The Morgan fingerprint density at radius 1 is 1.15 bits per heavy atom. The molecule has 2 amide bonds. The summed E-state index contributed by atoms with van der Waals surface area (Å²) in [6, 6.07) is 7.35. The first kappa shape index (κ1) is 14.1. The smallest absolute Gasteiger partial charge is 0.313 e. The number of benzene rings is 1. The van der Waals surface area contributed by atoms with E-state index in [4.69, 9.17) is 0 Å². The Balaban J connectivity index is 1.94. The van der Waals surface area contributed by atoms with E-state index in [-0.39, 0.29) is 0 Å². The van der Waals surface area contributed by atoms with Gasteiger partial charge in [-0.3, -0.25) is 9.59 Å². The standard InChI is InChI=1S/C14H18N4O2/c1-15-7-3-8-17-13(19)14(20)18-12-5-2-4-11-10(12)6-9-16-11/h2,4-6,9,15-16H,3,7-8H2,1H3,(H,17,19)(H,18,20). The Kier molecular flexibility index (Phi) is 4.73. The van der Waals surface area contributed by atoms with Crippen molar-refractivity contribution < 1.29 is 9.59 Å². The Hall–Kier alpha value is -2.34. The van der Waals surface area contributed by atoms with Crippen molar-refractivity contribution in [1.82, 2.24) is 15.6 Å². The third kappa shape index (κ3) is 3.36. The molecule has 1 aromatic carbocycles. The molecule has 6 heteroatoms. The van der Waals surface area contributed by atoms with Crippen molar-refractivity contribution >= 4 is 28.4 Å². The number of fused-ring (bicyclic) bond motifs is 1. The highest BCUT2D eigenvalue weighted by Gasteiger charge is 2.14. The number of rotatable bonds is 5. The minimum atomic E-state index is -0.650. The lowest BCUT2D eigenvalue weighted by Crippen LogP contribution is -2.36. The fourth-order valence-electron chi connectivity index (χ4n) is 1.92. The van der Waals surface area contributed by atoms with Crippen molar-refractivity contribution in [3.8, 4) is 0 Å². The topological polar surface area (TPSA) is 86.0 Å². The molecular weight excluding hydrogens is 256 g/mol. The first-order chi connectivity index (χ1) is 9.72. The molecule has 0 aliphatic heterocycles. The summed E-state index contributed by atoms with van der Waals surface area (Å²) >= 11 is 0. The van der Waals surface area contributed by atoms with Crippen LogP contribution in [0.4, 0.5) is 5.69 Å². The Morgan fingerprint density at radius 3 is 2.80 bits per heavy atom. The summed E-state index contributed by atoms with van der Waals surface area (Å²) in [5.74, 6) is -1.27. The summed E-state index contributed by atoms with van der Waals surface area (Å²) < 4.78 is 0. The predicted octanol–water partition coefficient (Wildman–Crippen LogP) is 0.832. The van der Waals surface area contributed by atoms with Crippen molar-refractivity contribution in [3.63, 3.8) is 0 Å². The first-order valence-electron chi connectivity index (χ1n) is 6.52. The molecule has 6 nitrogen and oxygen atoms in total. The summed E-state index contributed by atoms with van der Waals surface area (Å²) in [6.07, 6.45) is 2.57. The van der Waals surface area contributed by atoms with Crippen LogP contribution in [0, 0.1) is 0 Å². The molecule has 0 saturated carbocycles. The average molecular weight is 274 g/mol. The number of amides is 2. The van der Waals surface area contributed by atoms with Crippen LogP contribution in [0.3, 0.4) is 0 Å². The summed E-state index contributed by atoms with van der Waals surface area (Å²) in [4.78, 5) is 26.5. The molecule has 1 aromatic heterocycles. The van der Waals surface area contributed by atoms with Gasteiger partial charge in [0.15, 0.2) is 0 Å². The molecule has 0 saturated heterocycles. The number of aromatic nitrogens is 1. The third-order valence-electron chi connectivity index (χ3n) is 2.94. The number of carbonyl (C=O) groups excluding carboxylic acids is 2. The van der Waals surface area contributed by atoms with Crippen LogP contribution in [0.1, 0.15) is 6.42 Å². The molecule has 4 N–H and O–H groups in total. The molecule has 106 valence electrons. The second-order valence-electron chi connectivity index (χ2n) is 4.41. The number of hydrogen-bond donors (Lipinski definition) is 4. The molecule has 2 rings (SSSR count). The number of nitrogens with one attached hydrogen (secondary N) is 4. The number of hydrogen-bond acceptors (Lipinski definition) is 3. The molecule has 0 aliphatic rings. The molecule has 0 radical (unpaired) electrons. The molecule has 1 heterocycles. The van der Waals surface area contributed by atoms with E-state index < -0.39 is 11.8 Å². The third-order valence-corrected chi connectivity index (χ3v) is 2.94. The van der Waals surface area contributed by atoms with Crippen LogP contribution < -0.4 is 16.0 Å². The van der Waals surface area contributed by atoms with Gasteiger partial charge in [-0.25, -0.2) is 0 Å². The molecule has 0 fully saturated rings. The van der Waals surface area contributed by atoms with Gasteiger partial charge in [-0.15, -0.1) is 0 Å². The number of anilines is 1. The Morgan fingerprint density at radius 2 is 2.00 bits per heavy atom. The largest absolute Gasteiger partial charge is 0.361 e. The van der Waals surface area contributed by atoms with Gasteiger partial charge in [0.1, 0.15) is 0 Å². The zero-order chi connectivity index (χ0) is 14.4. The van der Waals surface area contributed by atoms with Gasteiger partial charge in [-0.2, -0.15) is 0 Å². The minimum Gasteiger partial charge on any atom is -0.361 e. The van der Waals surface area contributed by atoms with Gasteiger partial charge >= 0.3 is 11.8 Å². The molecule has 0 aliphatic carbocycles. The lowest BCUT2D eigenvalue weighted by Gasteiger charge is -2.07. The molecule has 0 unspecified atom stereocenters. The van der Waals surface area contributed by atoms with E-state index in [0.717, 1.165) is 23.9 Å². The normalized spacial score (nSPS) is 10.4. The van der Waals surface area contributed by atoms with Gasteiger partial charge in [0.25, 0.3) is 0 Å². The second kappa shape index (κ2) is 6.72. The highest BCUT2D eigenvalue weighted by molar-refractivity contribution is 6.40. The number of H-pyrrole nitrogens is 1. The van der Waals surface area contributed by atoms with Crippen molar-refractivity contribution in [1.29, 1.82) is 0 Å². The summed E-state index contributed by atoms with van der Waals surface area (Å²) in [5, 5.41) is 9.06. The van der Waals surface area contributed by atoms with Gasteiger partial charge < -0.3 is 20.9 Å². The van der Waals surface area contributed by atoms with Crippen LogP contribution in [-0.4, -0.2) is 36.9 Å². The molecule has 0 spiro atoms. The van der Waals surface area contributed by atoms with Crippen LogP contribution in [-0.2, 0) is 9.59 Å². The van der Waals surface area contributed by atoms with Gasteiger partial charge in [-0.1, -0.05) is 6.07 Å². The summed E-state index contributed by atoms with van der Waals surface area (Å²) in [5.41, 5.74) is 1.54. The van der Waals surface area contributed by atoms with E-state index in [9.17, 15) is 9.59 Å². The highest BCUT2D eigenvalue weighted by Crippen LogP contribution is 2.21. The summed E-state index contributed by atoms with van der Waals surface area (Å²) in [7, 11) is 1.84. The number of aromatic amines is 1. The van der Waals surface area contributed by atoms with Crippen LogP contribution in [0.2, 0.25) is 0 Å². The Bertz CT molecular complexity index is 606. The van der Waals surface area contributed by atoms with Gasteiger partial charge in [-0.05, 0) is 38.2 Å². The average Bonchev–Trinajstić information content (AvgIpc) is 2.93. The lowest BCUT2D eigenvalue weighted by molar-refractivity contribution is -0.136. The van der Waals surface area contributed by atoms with Crippen LogP contribution >= 0.6 is 0 Å². The van der Waals surface area contributed by atoms with E-state index in [1.807, 2.05) is 25.2 Å². The molecule has 2 aromatic rings. The quantitative estimate of drug-likeness (QED) is 0.481. The maximum Gasteiger partial charge on any atom is 0.313 e. The zero-order valence-electron chi connectivity index (χ0n) is 11.3. The SMILES string of the molecule is CNCCCNC(=O)C(=O)Nc1cccc2[nH]ccc12. The maximum atomic E-state index is 11.8. The fraction of sp³-hybridized carbons (Fsp3) is 0.286. The second-order valence-corrected chi connectivity index (χ2v) is 4.41. The van der Waals surface area contributed by atoms with Gasteiger partial charge in [0.05, 0.1) is 5.69 Å². The first-order valence-corrected chi connectivity index (χ1v) is 6.52. The molecule has 20 heavy (non-hydrogen) atoms. The van der Waals surface area contributed by atoms with Crippen molar-refractivity contribution in [2.45, 2.75) is 6.42 Å². The van der Waals surface area contributed by atoms with E-state index >= 15 is 0 Å². The number of carbonyl (C=O) groups is 2. The molecule has 0 bridgehead atoms. The van der Waals surface area contributed by atoms with Crippen LogP contribution in [0.5, 0.6) is 0 Å². The van der Waals surface area contributed by atoms with E-state index in [1.165, 1.54) is 0 Å². The minimum absolute atomic E-state index is 0.474. The van der Waals surface area contributed by atoms with Crippen LogP contribution in [0.15, 0.2) is 30.5 Å². The molecule has 0 atom stereocenters. The maximum absolute atomic E-state index is 11.8. The lowest BCUT2D eigenvalue weighted by atomic mass is 10.2. The Labute approximate surface area is 116 Å². The van der Waals surface area contributed by atoms with E-state index in [0.29, 0.717) is 12.2 Å². The van der Waals surface area contributed by atoms with E-state index in [1.54, 1.807) is 12.3 Å². The fourth-order valence-corrected chi connectivity index (χ4v) is 1.92. The zero-order valence-corrected chi connectivity index (χ0v) is 11.3.